The highest BCUT2D eigenvalue weighted by Crippen LogP contribution is 2.34. The van der Waals surface area contributed by atoms with Crippen LogP contribution in [0, 0.1) is 0 Å². The van der Waals surface area contributed by atoms with Crippen molar-refractivity contribution in [1.82, 2.24) is 25.3 Å². The van der Waals surface area contributed by atoms with Crippen molar-refractivity contribution in [3.05, 3.63) is 81.9 Å². The fourth-order valence-corrected chi connectivity index (χ4v) is 4.68. The van der Waals surface area contributed by atoms with E-state index in [1.54, 1.807) is 16.8 Å². The van der Waals surface area contributed by atoms with E-state index < -0.39 is 5.54 Å². The van der Waals surface area contributed by atoms with E-state index in [0.29, 0.717) is 31.2 Å². The van der Waals surface area contributed by atoms with Crippen molar-refractivity contribution in [2.75, 3.05) is 0 Å². The van der Waals surface area contributed by atoms with E-state index >= 15 is 0 Å². The predicted molar refractivity (Wildman–Crippen MR) is 134 cm³/mol. The SMILES string of the molecule is CC(=O)NC1(c2noc(CCC(=O)NCc3ccc(Cn4ccccc4=O)cc3)n2)CCCCCC1. The highest BCUT2D eigenvalue weighted by molar-refractivity contribution is 5.76. The van der Waals surface area contributed by atoms with Crippen LogP contribution in [0.2, 0.25) is 0 Å². The van der Waals surface area contributed by atoms with Gasteiger partial charge < -0.3 is 19.7 Å². The van der Waals surface area contributed by atoms with Crippen LogP contribution in [0.3, 0.4) is 0 Å². The van der Waals surface area contributed by atoms with E-state index in [4.69, 9.17) is 4.52 Å². The van der Waals surface area contributed by atoms with Gasteiger partial charge >= 0.3 is 0 Å². The number of carbonyl (C=O) groups excluding carboxylic acids is 2. The first-order valence-electron chi connectivity index (χ1n) is 12.6. The topological polar surface area (TPSA) is 119 Å². The Kier molecular flexibility index (Phi) is 8.30. The fraction of sp³-hybridized carbons (Fsp3) is 0.444. The Morgan fingerprint density at radius 3 is 2.44 bits per heavy atom. The standard InChI is InChI=1S/C27H33N5O4/c1-20(33)30-27(15-5-2-3-6-16-27)26-29-24(36-31-26)14-13-23(34)28-18-21-9-11-22(12-10-21)19-32-17-7-4-8-25(32)35/h4,7-12,17H,2-3,5-6,13-16,18-19H2,1H3,(H,28,34)(H,30,33). The Morgan fingerprint density at radius 1 is 1.03 bits per heavy atom. The molecule has 4 rings (SSSR count). The fourth-order valence-electron chi connectivity index (χ4n) is 4.68. The van der Waals surface area contributed by atoms with Crippen molar-refractivity contribution in [2.24, 2.45) is 0 Å². The van der Waals surface area contributed by atoms with Crippen LogP contribution in [0.25, 0.3) is 0 Å². The van der Waals surface area contributed by atoms with Gasteiger partial charge in [-0.3, -0.25) is 14.4 Å². The molecule has 3 aromatic rings. The zero-order valence-corrected chi connectivity index (χ0v) is 20.7. The lowest BCUT2D eigenvalue weighted by molar-refractivity contribution is -0.122. The molecular weight excluding hydrogens is 458 g/mol. The number of amides is 2. The molecule has 2 N–H and O–H groups in total. The number of nitrogens with one attached hydrogen (secondary N) is 2. The molecule has 0 atom stereocenters. The summed E-state index contributed by atoms with van der Waals surface area (Å²) in [5, 5.41) is 10.2. The average Bonchev–Trinajstić information content (AvgIpc) is 3.23. The molecule has 9 nitrogen and oxygen atoms in total. The largest absolute Gasteiger partial charge is 0.352 e. The second-order valence-corrected chi connectivity index (χ2v) is 9.45. The minimum Gasteiger partial charge on any atom is -0.352 e. The average molecular weight is 492 g/mol. The molecule has 0 bridgehead atoms. The molecule has 190 valence electrons. The molecule has 0 saturated heterocycles. The number of pyridine rings is 1. The Balaban J connectivity index is 1.27. The molecule has 1 aliphatic rings. The molecule has 0 radical (unpaired) electrons. The van der Waals surface area contributed by atoms with Crippen LogP contribution in [0.5, 0.6) is 0 Å². The Morgan fingerprint density at radius 2 is 1.75 bits per heavy atom. The smallest absolute Gasteiger partial charge is 0.250 e. The number of rotatable bonds is 9. The van der Waals surface area contributed by atoms with Gasteiger partial charge in [-0.2, -0.15) is 4.98 Å². The monoisotopic (exact) mass is 491 g/mol. The number of carbonyl (C=O) groups is 2. The maximum absolute atomic E-state index is 12.4. The lowest BCUT2D eigenvalue weighted by atomic mass is 9.89. The van der Waals surface area contributed by atoms with E-state index in [9.17, 15) is 14.4 Å². The van der Waals surface area contributed by atoms with Crippen LogP contribution in [-0.4, -0.2) is 26.5 Å². The number of benzene rings is 1. The van der Waals surface area contributed by atoms with Gasteiger partial charge in [0.25, 0.3) is 5.56 Å². The lowest BCUT2D eigenvalue weighted by Gasteiger charge is -2.30. The summed E-state index contributed by atoms with van der Waals surface area (Å²) in [6.45, 7) is 2.42. The number of nitrogens with zero attached hydrogens (tertiary/aromatic N) is 3. The molecular formula is C27H33N5O4. The number of hydrogen-bond donors (Lipinski definition) is 2. The highest BCUT2D eigenvalue weighted by atomic mass is 16.5. The second kappa shape index (κ2) is 11.8. The molecule has 1 aromatic carbocycles. The second-order valence-electron chi connectivity index (χ2n) is 9.45. The molecule has 1 fully saturated rings. The lowest BCUT2D eigenvalue weighted by Crippen LogP contribution is -2.45. The Labute approximate surface area is 210 Å². The summed E-state index contributed by atoms with van der Waals surface area (Å²) >= 11 is 0. The zero-order chi connectivity index (χ0) is 25.4. The van der Waals surface area contributed by atoms with Gasteiger partial charge in [-0.1, -0.05) is 61.2 Å². The summed E-state index contributed by atoms with van der Waals surface area (Å²) < 4.78 is 7.08. The van der Waals surface area contributed by atoms with E-state index in [1.807, 2.05) is 30.3 Å². The predicted octanol–water partition coefficient (Wildman–Crippen LogP) is 3.21. The van der Waals surface area contributed by atoms with Crippen LogP contribution >= 0.6 is 0 Å². The molecule has 9 heteroatoms. The minimum absolute atomic E-state index is 0.0401. The summed E-state index contributed by atoms with van der Waals surface area (Å²) in [5.41, 5.74) is 1.35. The maximum Gasteiger partial charge on any atom is 0.250 e. The molecule has 36 heavy (non-hydrogen) atoms. The number of aromatic nitrogens is 3. The maximum atomic E-state index is 12.4. The van der Waals surface area contributed by atoms with Crippen LogP contribution in [0.4, 0.5) is 0 Å². The van der Waals surface area contributed by atoms with Crippen LogP contribution < -0.4 is 16.2 Å². The molecule has 1 aliphatic carbocycles. The zero-order valence-electron chi connectivity index (χ0n) is 20.7. The number of aryl methyl sites for hydroxylation is 1. The van der Waals surface area contributed by atoms with Crippen LogP contribution in [-0.2, 0) is 34.6 Å². The van der Waals surface area contributed by atoms with Crippen LogP contribution in [0.15, 0.2) is 58.0 Å². The van der Waals surface area contributed by atoms with Gasteiger partial charge in [-0.05, 0) is 30.0 Å². The summed E-state index contributed by atoms with van der Waals surface area (Å²) in [4.78, 5) is 40.7. The molecule has 2 aromatic heterocycles. The van der Waals surface area contributed by atoms with Crippen LogP contribution in [0.1, 0.15) is 74.7 Å². The molecule has 0 spiro atoms. The van der Waals surface area contributed by atoms with E-state index in [0.717, 1.165) is 49.7 Å². The Bertz CT molecular complexity index is 1220. The molecule has 2 amide bonds. The Hall–Kier alpha value is -3.75. The van der Waals surface area contributed by atoms with E-state index in [2.05, 4.69) is 20.8 Å². The van der Waals surface area contributed by atoms with Gasteiger partial charge in [0.2, 0.25) is 17.7 Å². The van der Waals surface area contributed by atoms with Crippen molar-refractivity contribution in [1.29, 1.82) is 0 Å². The van der Waals surface area contributed by atoms with E-state index in [-0.39, 0.29) is 23.8 Å². The molecule has 2 heterocycles. The molecule has 0 unspecified atom stereocenters. The van der Waals surface area contributed by atoms with Crippen molar-refractivity contribution >= 4 is 11.8 Å². The summed E-state index contributed by atoms with van der Waals surface area (Å²) in [6, 6.07) is 12.9. The van der Waals surface area contributed by atoms with E-state index in [1.165, 1.54) is 13.0 Å². The first-order valence-corrected chi connectivity index (χ1v) is 12.6. The minimum atomic E-state index is -0.590. The summed E-state index contributed by atoms with van der Waals surface area (Å²) in [7, 11) is 0. The van der Waals surface area contributed by atoms with Gasteiger partial charge in [-0.15, -0.1) is 0 Å². The van der Waals surface area contributed by atoms with Crippen molar-refractivity contribution in [2.45, 2.75) is 76.9 Å². The van der Waals surface area contributed by atoms with Crippen molar-refractivity contribution < 1.29 is 14.1 Å². The first-order chi connectivity index (χ1) is 17.4. The summed E-state index contributed by atoms with van der Waals surface area (Å²) in [5.74, 6) is 0.688. The van der Waals surface area contributed by atoms with Crippen molar-refractivity contribution in [3.8, 4) is 0 Å². The van der Waals surface area contributed by atoms with Gasteiger partial charge in [0, 0.05) is 38.6 Å². The normalized spacial score (nSPS) is 15.1. The molecule has 1 saturated carbocycles. The van der Waals surface area contributed by atoms with Gasteiger partial charge in [-0.25, -0.2) is 0 Å². The third-order valence-electron chi connectivity index (χ3n) is 6.60. The number of hydrogen-bond acceptors (Lipinski definition) is 6. The van der Waals surface area contributed by atoms with Gasteiger partial charge in [0.1, 0.15) is 5.54 Å². The molecule has 0 aliphatic heterocycles. The van der Waals surface area contributed by atoms with Gasteiger partial charge in [0.15, 0.2) is 5.82 Å². The quantitative estimate of drug-likeness (QED) is 0.444. The first kappa shape index (κ1) is 25.3. The summed E-state index contributed by atoms with van der Waals surface area (Å²) in [6.07, 6.45) is 8.14. The van der Waals surface area contributed by atoms with Crippen molar-refractivity contribution in [3.63, 3.8) is 0 Å². The van der Waals surface area contributed by atoms with Gasteiger partial charge in [0.05, 0.1) is 6.54 Å². The highest BCUT2D eigenvalue weighted by Gasteiger charge is 2.38. The third kappa shape index (κ3) is 6.68. The third-order valence-corrected chi connectivity index (χ3v) is 6.60.